The maximum atomic E-state index is 12.3. The molecule has 0 atom stereocenters. The number of hydrogen-bond acceptors (Lipinski definition) is 6. The van der Waals surface area contributed by atoms with Crippen LogP contribution >= 0.6 is 0 Å². The highest BCUT2D eigenvalue weighted by molar-refractivity contribution is 7.89. The molecule has 3 rings (SSSR count). The molecule has 34 heavy (non-hydrogen) atoms. The quantitative estimate of drug-likeness (QED) is 0.410. The van der Waals surface area contributed by atoms with E-state index < -0.39 is 28.0 Å². The van der Waals surface area contributed by atoms with Crippen LogP contribution in [-0.4, -0.2) is 27.2 Å². The lowest BCUT2D eigenvalue weighted by Gasteiger charge is -2.11. The van der Waals surface area contributed by atoms with Gasteiger partial charge in [0.05, 0.1) is 17.8 Å². The molecule has 182 valence electrons. The van der Waals surface area contributed by atoms with Gasteiger partial charge < -0.3 is 19.2 Å². The fraction of sp³-hybridized carbons (Fsp3) is 0.227. The van der Waals surface area contributed by atoms with Crippen molar-refractivity contribution in [3.05, 3.63) is 78.3 Å². The molecule has 0 unspecified atom stereocenters. The summed E-state index contributed by atoms with van der Waals surface area (Å²) < 4.78 is 77.8. The molecule has 0 radical (unpaired) electrons. The molecule has 0 aliphatic carbocycles. The summed E-state index contributed by atoms with van der Waals surface area (Å²) in [5.41, 5.74) is 1.34. The van der Waals surface area contributed by atoms with Crippen LogP contribution in [0.2, 0.25) is 0 Å². The smallest absolute Gasteiger partial charge is 0.467 e. The predicted octanol–water partition coefficient (Wildman–Crippen LogP) is 4.20. The molecule has 2 N–H and O–H groups in total. The van der Waals surface area contributed by atoms with Gasteiger partial charge in [-0.25, -0.2) is 13.1 Å². The van der Waals surface area contributed by atoms with Crippen LogP contribution in [0.25, 0.3) is 0 Å². The summed E-state index contributed by atoms with van der Waals surface area (Å²) in [6, 6.07) is 14.3. The van der Waals surface area contributed by atoms with Crippen molar-refractivity contribution in [2.24, 2.45) is 0 Å². The number of halogens is 3. The third kappa shape index (κ3) is 8.21. The van der Waals surface area contributed by atoms with Crippen molar-refractivity contribution in [3.8, 4) is 5.75 Å². The first-order valence-corrected chi connectivity index (χ1v) is 11.4. The molecule has 1 heterocycles. The second kappa shape index (κ2) is 11.2. The molecule has 12 heteroatoms. The summed E-state index contributed by atoms with van der Waals surface area (Å²) in [5.74, 6) is -0.276. The molecule has 1 amide bonds. The Morgan fingerprint density at radius 3 is 2.44 bits per heavy atom. The molecule has 0 saturated carbocycles. The lowest BCUT2D eigenvalue weighted by atomic mass is 10.2. The van der Waals surface area contributed by atoms with E-state index in [4.69, 9.17) is 9.15 Å². The molecule has 0 aliphatic rings. The fourth-order valence-electron chi connectivity index (χ4n) is 2.83. The number of hydrogen-bond donors (Lipinski definition) is 2. The van der Waals surface area contributed by atoms with Crippen molar-refractivity contribution in [2.75, 3.05) is 11.9 Å². The first-order valence-electron chi connectivity index (χ1n) is 9.95. The second-order valence-corrected chi connectivity index (χ2v) is 8.75. The number of carbonyl (C=O) groups is 1. The van der Waals surface area contributed by atoms with E-state index in [9.17, 15) is 26.4 Å². The van der Waals surface area contributed by atoms with Gasteiger partial charge in [-0.2, -0.15) is 0 Å². The zero-order chi connectivity index (χ0) is 24.6. The summed E-state index contributed by atoms with van der Waals surface area (Å²) in [6.45, 7) is 0.403. The number of anilines is 1. The molecular formula is C22H21F3N2O6S. The summed E-state index contributed by atoms with van der Waals surface area (Å²) >= 11 is 0. The SMILES string of the molecule is O=C(CCNS(=O)(=O)c1ccc(OC(F)(F)F)cc1)Nc1cccc(COCc2ccco2)c1. The molecule has 8 nitrogen and oxygen atoms in total. The standard InChI is InChI=1S/C22H21F3N2O6S/c23-22(24,25)33-18-6-8-20(9-7-18)34(29,30)26-11-10-21(28)27-17-4-1-3-16(13-17)14-31-15-19-5-2-12-32-19/h1-9,12-13,26H,10-11,14-15H2,(H,27,28). The maximum absolute atomic E-state index is 12.3. The Balaban J connectivity index is 1.44. The molecule has 0 bridgehead atoms. The van der Waals surface area contributed by atoms with Gasteiger partial charge in [-0.15, -0.1) is 13.2 Å². The number of ether oxygens (including phenoxy) is 2. The highest BCUT2D eigenvalue weighted by atomic mass is 32.2. The topological polar surface area (TPSA) is 107 Å². The Hall–Kier alpha value is -3.35. The Labute approximate surface area is 193 Å². The van der Waals surface area contributed by atoms with Crippen molar-refractivity contribution in [3.63, 3.8) is 0 Å². The lowest BCUT2D eigenvalue weighted by Crippen LogP contribution is -2.27. The third-order valence-electron chi connectivity index (χ3n) is 4.32. The van der Waals surface area contributed by atoms with Gasteiger partial charge in [-0.1, -0.05) is 12.1 Å². The van der Waals surface area contributed by atoms with Gasteiger partial charge in [0.1, 0.15) is 18.1 Å². The molecule has 0 saturated heterocycles. The number of rotatable bonds is 11. The highest BCUT2D eigenvalue weighted by Gasteiger charge is 2.31. The predicted molar refractivity (Wildman–Crippen MR) is 115 cm³/mol. The van der Waals surface area contributed by atoms with Gasteiger partial charge in [0, 0.05) is 18.7 Å². The van der Waals surface area contributed by atoms with Gasteiger partial charge >= 0.3 is 6.36 Å². The van der Waals surface area contributed by atoms with Crippen molar-refractivity contribution in [1.29, 1.82) is 0 Å². The number of benzene rings is 2. The molecule has 0 spiro atoms. The van der Waals surface area contributed by atoms with E-state index in [-0.39, 0.29) is 17.9 Å². The molecule has 3 aromatic rings. The van der Waals surface area contributed by atoms with Crippen molar-refractivity contribution in [1.82, 2.24) is 4.72 Å². The monoisotopic (exact) mass is 498 g/mol. The Bertz CT molecular complexity index is 1180. The van der Waals surface area contributed by atoms with Crippen LogP contribution < -0.4 is 14.8 Å². The lowest BCUT2D eigenvalue weighted by molar-refractivity contribution is -0.274. The van der Waals surface area contributed by atoms with Crippen molar-refractivity contribution in [2.45, 2.75) is 30.9 Å². The van der Waals surface area contributed by atoms with Crippen LogP contribution in [0.4, 0.5) is 18.9 Å². The van der Waals surface area contributed by atoms with E-state index in [1.54, 1.807) is 36.6 Å². The minimum atomic E-state index is -4.88. The van der Waals surface area contributed by atoms with E-state index in [2.05, 4.69) is 14.8 Å². The van der Waals surface area contributed by atoms with E-state index in [0.717, 1.165) is 29.8 Å². The molecule has 0 fully saturated rings. The zero-order valence-corrected chi connectivity index (χ0v) is 18.5. The summed E-state index contributed by atoms with van der Waals surface area (Å²) in [5, 5.41) is 2.67. The van der Waals surface area contributed by atoms with Crippen LogP contribution in [0.15, 0.2) is 76.2 Å². The maximum Gasteiger partial charge on any atom is 0.573 e. The van der Waals surface area contributed by atoms with Gasteiger partial charge in [-0.05, 0) is 54.1 Å². The van der Waals surface area contributed by atoms with Gasteiger partial charge in [0.15, 0.2) is 0 Å². The van der Waals surface area contributed by atoms with Crippen LogP contribution in [0.5, 0.6) is 5.75 Å². The Morgan fingerprint density at radius 2 is 1.76 bits per heavy atom. The van der Waals surface area contributed by atoms with E-state index in [1.807, 2.05) is 6.07 Å². The summed E-state index contributed by atoms with van der Waals surface area (Å²) in [7, 11) is -4.02. The number of alkyl halides is 3. The van der Waals surface area contributed by atoms with Crippen LogP contribution in [0, 0.1) is 0 Å². The number of nitrogens with one attached hydrogen (secondary N) is 2. The van der Waals surface area contributed by atoms with Crippen LogP contribution in [0.1, 0.15) is 17.7 Å². The Morgan fingerprint density at radius 1 is 1.00 bits per heavy atom. The molecular weight excluding hydrogens is 477 g/mol. The normalized spacial score (nSPS) is 11.9. The number of sulfonamides is 1. The first kappa shape index (κ1) is 25.3. The average molecular weight is 498 g/mol. The minimum Gasteiger partial charge on any atom is -0.467 e. The van der Waals surface area contributed by atoms with E-state index in [0.29, 0.717) is 24.7 Å². The molecule has 0 aliphatic heterocycles. The number of carbonyl (C=O) groups excluding carboxylic acids is 1. The molecule has 2 aromatic carbocycles. The largest absolute Gasteiger partial charge is 0.573 e. The van der Waals surface area contributed by atoms with Crippen LogP contribution in [0.3, 0.4) is 0 Å². The minimum absolute atomic E-state index is 0.159. The van der Waals surface area contributed by atoms with Crippen molar-refractivity contribution >= 4 is 21.6 Å². The van der Waals surface area contributed by atoms with E-state index >= 15 is 0 Å². The van der Waals surface area contributed by atoms with Gasteiger partial charge in [-0.3, -0.25) is 4.79 Å². The highest BCUT2D eigenvalue weighted by Crippen LogP contribution is 2.23. The average Bonchev–Trinajstić information content (AvgIpc) is 3.27. The number of amides is 1. The summed E-state index contributed by atoms with van der Waals surface area (Å²) in [6.07, 6.45) is -3.48. The zero-order valence-electron chi connectivity index (χ0n) is 17.7. The van der Waals surface area contributed by atoms with Gasteiger partial charge in [0.2, 0.25) is 15.9 Å². The van der Waals surface area contributed by atoms with Crippen LogP contribution in [-0.2, 0) is 32.8 Å². The molecule has 1 aromatic heterocycles. The van der Waals surface area contributed by atoms with Crippen molar-refractivity contribution < 1.29 is 40.3 Å². The summed E-state index contributed by atoms with van der Waals surface area (Å²) in [4.78, 5) is 11.9. The first-order chi connectivity index (χ1) is 16.1. The third-order valence-corrected chi connectivity index (χ3v) is 5.79. The van der Waals surface area contributed by atoms with E-state index in [1.165, 1.54) is 0 Å². The van der Waals surface area contributed by atoms with Gasteiger partial charge in [0.25, 0.3) is 0 Å². The Kier molecular flexibility index (Phi) is 8.31. The second-order valence-electron chi connectivity index (χ2n) is 6.99. The number of furan rings is 1. The fourth-order valence-corrected chi connectivity index (χ4v) is 3.86.